The molecule has 2 amide bonds. The summed E-state index contributed by atoms with van der Waals surface area (Å²) >= 11 is 0. The summed E-state index contributed by atoms with van der Waals surface area (Å²) < 4.78 is 5.45. The van der Waals surface area contributed by atoms with Crippen LogP contribution in [0, 0.1) is 5.92 Å². The summed E-state index contributed by atoms with van der Waals surface area (Å²) in [7, 11) is 0. The molecule has 3 rings (SSSR count). The van der Waals surface area contributed by atoms with E-state index in [-0.39, 0.29) is 24.4 Å². The molecule has 8 heteroatoms. The number of nitrogens with zero attached hydrogens (tertiary/aromatic N) is 3. The van der Waals surface area contributed by atoms with Gasteiger partial charge in [-0.15, -0.1) is 12.4 Å². The molecule has 7 nitrogen and oxygen atoms in total. The van der Waals surface area contributed by atoms with Crippen LogP contribution in [0.3, 0.4) is 0 Å². The van der Waals surface area contributed by atoms with Crippen LogP contribution in [0.2, 0.25) is 0 Å². The van der Waals surface area contributed by atoms with Crippen LogP contribution >= 0.6 is 12.4 Å². The van der Waals surface area contributed by atoms with E-state index in [9.17, 15) is 4.79 Å². The van der Waals surface area contributed by atoms with Crippen molar-refractivity contribution in [2.45, 2.75) is 57.4 Å². The fourth-order valence-corrected chi connectivity index (χ4v) is 3.15. The molecule has 1 aliphatic carbocycles. The third kappa shape index (κ3) is 4.00. The van der Waals surface area contributed by atoms with Crippen LogP contribution in [0.15, 0.2) is 4.52 Å². The maximum Gasteiger partial charge on any atom is 0.317 e. The normalized spacial score (nSPS) is 22.7. The van der Waals surface area contributed by atoms with Gasteiger partial charge in [0, 0.05) is 19.6 Å². The van der Waals surface area contributed by atoms with Gasteiger partial charge in [0.05, 0.1) is 11.5 Å². The monoisotopic (exact) mass is 357 g/mol. The predicted molar refractivity (Wildman–Crippen MR) is 93.0 cm³/mol. The Bertz CT molecular complexity index is 558. The number of carbonyl (C=O) groups excluding carboxylic acids is 1. The Morgan fingerprint density at radius 3 is 2.83 bits per heavy atom. The minimum atomic E-state index is -0.398. The number of rotatable bonds is 4. The third-order valence-corrected chi connectivity index (χ3v) is 4.85. The molecule has 3 N–H and O–H groups in total. The number of nitrogens with one attached hydrogen (secondary N) is 1. The molecule has 0 bridgehead atoms. The number of piperidine rings is 1. The molecule has 1 aromatic rings. The van der Waals surface area contributed by atoms with Crippen LogP contribution in [0.5, 0.6) is 0 Å². The lowest BCUT2D eigenvalue weighted by Crippen LogP contribution is -2.46. The van der Waals surface area contributed by atoms with Gasteiger partial charge in [0.1, 0.15) is 0 Å². The van der Waals surface area contributed by atoms with Gasteiger partial charge in [0.25, 0.3) is 0 Å². The minimum Gasteiger partial charge on any atom is -0.339 e. The van der Waals surface area contributed by atoms with E-state index in [0.29, 0.717) is 30.7 Å². The van der Waals surface area contributed by atoms with Crippen molar-refractivity contribution < 1.29 is 9.32 Å². The van der Waals surface area contributed by atoms with E-state index in [1.807, 2.05) is 4.90 Å². The second-order valence-corrected chi connectivity index (χ2v) is 7.33. The Morgan fingerprint density at radius 2 is 2.21 bits per heavy atom. The maximum absolute atomic E-state index is 12.2. The summed E-state index contributed by atoms with van der Waals surface area (Å²) in [6.45, 7) is 6.27. The molecule has 24 heavy (non-hydrogen) atoms. The molecule has 2 fully saturated rings. The van der Waals surface area contributed by atoms with E-state index < -0.39 is 5.54 Å². The summed E-state index contributed by atoms with van der Waals surface area (Å²) in [5, 5.41) is 7.06. The molecule has 1 saturated carbocycles. The molecule has 0 radical (unpaired) electrons. The number of amides is 2. The van der Waals surface area contributed by atoms with Gasteiger partial charge in [0.2, 0.25) is 5.89 Å². The van der Waals surface area contributed by atoms with Gasteiger partial charge >= 0.3 is 6.03 Å². The first-order chi connectivity index (χ1) is 11.0. The standard InChI is InChI=1S/C16H27N5O2.ClH/c1-11(2)9-18-15(22)21-8-3-5-12(10-21)13-19-14(20-23-13)16(17)6-4-7-16;/h11-12H,3-10,17H2,1-2H3,(H,18,22);1H. The minimum absolute atomic E-state index is 0. The molecule has 136 valence electrons. The van der Waals surface area contributed by atoms with E-state index in [1.165, 1.54) is 0 Å². The summed E-state index contributed by atoms with van der Waals surface area (Å²) in [5.74, 6) is 1.80. The lowest BCUT2D eigenvalue weighted by Gasteiger charge is -2.34. The highest BCUT2D eigenvalue weighted by atomic mass is 35.5. The Labute approximate surface area is 149 Å². The van der Waals surface area contributed by atoms with Crippen molar-refractivity contribution in [2.24, 2.45) is 11.7 Å². The third-order valence-electron chi connectivity index (χ3n) is 4.85. The first kappa shape index (κ1) is 19.0. The van der Waals surface area contributed by atoms with Crippen LogP contribution in [0.1, 0.15) is 63.6 Å². The van der Waals surface area contributed by atoms with Gasteiger partial charge in [-0.25, -0.2) is 4.79 Å². The van der Waals surface area contributed by atoms with Crippen LogP contribution in [-0.4, -0.2) is 40.7 Å². The Kier molecular flexibility index (Phi) is 6.09. The largest absolute Gasteiger partial charge is 0.339 e. The maximum atomic E-state index is 12.2. The van der Waals surface area contributed by atoms with Gasteiger partial charge in [-0.2, -0.15) is 4.98 Å². The Balaban J connectivity index is 0.00000208. The lowest BCUT2D eigenvalue weighted by atomic mass is 9.77. The van der Waals surface area contributed by atoms with E-state index in [2.05, 4.69) is 29.3 Å². The molecular weight excluding hydrogens is 330 g/mol. The SMILES string of the molecule is CC(C)CNC(=O)N1CCCC(c2nc(C3(N)CCC3)no2)C1.Cl. The number of carbonyl (C=O) groups is 1. The summed E-state index contributed by atoms with van der Waals surface area (Å²) in [4.78, 5) is 18.6. The summed E-state index contributed by atoms with van der Waals surface area (Å²) in [6, 6.07) is -0.00238. The number of hydrogen-bond donors (Lipinski definition) is 2. The van der Waals surface area contributed by atoms with Gasteiger partial charge < -0.3 is 20.5 Å². The zero-order valence-corrected chi connectivity index (χ0v) is 15.3. The smallest absolute Gasteiger partial charge is 0.317 e. The zero-order valence-electron chi connectivity index (χ0n) is 14.5. The van der Waals surface area contributed by atoms with Crippen LogP contribution in [-0.2, 0) is 5.54 Å². The van der Waals surface area contributed by atoms with E-state index >= 15 is 0 Å². The van der Waals surface area contributed by atoms with Crippen LogP contribution in [0.4, 0.5) is 4.79 Å². The number of aromatic nitrogens is 2. The highest BCUT2D eigenvalue weighted by molar-refractivity contribution is 5.85. The molecule has 1 aliphatic heterocycles. The molecule has 2 heterocycles. The van der Waals surface area contributed by atoms with Gasteiger partial charge in [-0.3, -0.25) is 0 Å². The first-order valence-corrected chi connectivity index (χ1v) is 8.64. The van der Waals surface area contributed by atoms with Gasteiger partial charge in [0.15, 0.2) is 5.82 Å². The zero-order chi connectivity index (χ0) is 16.4. The van der Waals surface area contributed by atoms with Crippen molar-refractivity contribution in [1.29, 1.82) is 0 Å². The molecule has 1 atom stereocenters. The van der Waals surface area contributed by atoms with Crippen LogP contribution < -0.4 is 11.1 Å². The molecule has 2 aliphatic rings. The number of halogens is 1. The molecule has 1 aromatic heterocycles. The fourth-order valence-electron chi connectivity index (χ4n) is 3.15. The predicted octanol–water partition coefficient (Wildman–Crippen LogP) is 2.37. The highest BCUT2D eigenvalue weighted by Gasteiger charge is 2.40. The van der Waals surface area contributed by atoms with Crippen molar-refractivity contribution in [3.05, 3.63) is 11.7 Å². The average molecular weight is 358 g/mol. The van der Waals surface area contributed by atoms with E-state index in [1.54, 1.807) is 0 Å². The highest BCUT2D eigenvalue weighted by Crippen LogP contribution is 2.37. The number of nitrogens with two attached hydrogens (primary N) is 1. The van der Waals surface area contributed by atoms with Crippen molar-refractivity contribution in [2.75, 3.05) is 19.6 Å². The fraction of sp³-hybridized carbons (Fsp3) is 0.812. The summed E-state index contributed by atoms with van der Waals surface area (Å²) in [6.07, 6.45) is 4.87. The van der Waals surface area contributed by atoms with E-state index in [4.69, 9.17) is 10.3 Å². The Hall–Kier alpha value is -1.34. The van der Waals surface area contributed by atoms with Crippen molar-refractivity contribution in [1.82, 2.24) is 20.4 Å². The van der Waals surface area contributed by atoms with Crippen LogP contribution in [0.25, 0.3) is 0 Å². The molecular formula is C16H28ClN5O2. The Morgan fingerprint density at radius 1 is 1.46 bits per heavy atom. The van der Waals surface area contributed by atoms with E-state index in [0.717, 1.165) is 38.6 Å². The molecule has 1 unspecified atom stereocenters. The molecule has 0 aromatic carbocycles. The van der Waals surface area contributed by atoms with Gasteiger partial charge in [-0.1, -0.05) is 19.0 Å². The van der Waals surface area contributed by atoms with Crippen molar-refractivity contribution in [3.8, 4) is 0 Å². The quantitative estimate of drug-likeness (QED) is 0.862. The topological polar surface area (TPSA) is 97.3 Å². The van der Waals surface area contributed by atoms with Crippen molar-refractivity contribution >= 4 is 18.4 Å². The second kappa shape index (κ2) is 7.70. The number of hydrogen-bond acceptors (Lipinski definition) is 5. The first-order valence-electron chi connectivity index (χ1n) is 8.64. The van der Waals surface area contributed by atoms with Gasteiger partial charge in [-0.05, 0) is 38.0 Å². The molecule has 1 saturated heterocycles. The number of likely N-dealkylation sites (tertiary alicyclic amines) is 1. The average Bonchev–Trinajstić information content (AvgIpc) is 3.00. The molecule has 0 spiro atoms. The lowest BCUT2D eigenvalue weighted by molar-refractivity contribution is 0.171. The number of urea groups is 1. The summed E-state index contributed by atoms with van der Waals surface area (Å²) in [5.41, 5.74) is 5.85. The second-order valence-electron chi connectivity index (χ2n) is 7.33. The van der Waals surface area contributed by atoms with Crippen molar-refractivity contribution in [3.63, 3.8) is 0 Å².